The molecule has 0 amide bonds. The lowest BCUT2D eigenvalue weighted by Crippen LogP contribution is -2.21. The highest BCUT2D eigenvalue weighted by molar-refractivity contribution is 6.30. The van der Waals surface area contributed by atoms with E-state index in [-0.39, 0.29) is 6.10 Å². The molecule has 3 heteroatoms. The predicted octanol–water partition coefficient (Wildman–Crippen LogP) is 2.22. The highest BCUT2D eigenvalue weighted by atomic mass is 35.5. The van der Waals surface area contributed by atoms with Crippen molar-refractivity contribution in [2.45, 2.75) is 12.5 Å². The van der Waals surface area contributed by atoms with Crippen LogP contribution in [0.15, 0.2) is 18.2 Å². The SMILES string of the molecule is CN1CCC(Oc2[c]ccc(Cl)c2)C1. The van der Waals surface area contributed by atoms with Crippen LogP contribution in [0.1, 0.15) is 6.42 Å². The molecule has 1 heterocycles. The molecule has 1 aromatic rings. The first-order chi connectivity index (χ1) is 6.74. The van der Waals surface area contributed by atoms with Gasteiger partial charge in [-0.15, -0.1) is 0 Å². The predicted molar refractivity (Wildman–Crippen MR) is 56.8 cm³/mol. The smallest absolute Gasteiger partial charge is 0.129 e. The Hall–Kier alpha value is -0.730. The fourth-order valence-electron chi connectivity index (χ4n) is 1.66. The highest BCUT2D eigenvalue weighted by Gasteiger charge is 2.20. The van der Waals surface area contributed by atoms with Gasteiger partial charge in [-0.05, 0) is 31.7 Å². The number of likely N-dealkylation sites (N-methyl/N-ethyl adjacent to an activating group) is 1. The molecule has 0 N–H and O–H groups in total. The van der Waals surface area contributed by atoms with Crippen molar-refractivity contribution >= 4 is 11.6 Å². The molecule has 2 nitrogen and oxygen atoms in total. The van der Waals surface area contributed by atoms with E-state index >= 15 is 0 Å². The molecule has 1 aliphatic rings. The molecule has 1 aliphatic heterocycles. The zero-order valence-electron chi connectivity index (χ0n) is 8.16. The zero-order chi connectivity index (χ0) is 9.97. The van der Waals surface area contributed by atoms with Gasteiger partial charge in [0, 0.05) is 24.2 Å². The molecule has 1 unspecified atom stereocenters. The Morgan fingerprint density at radius 2 is 2.50 bits per heavy atom. The van der Waals surface area contributed by atoms with Gasteiger partial charge in [-0.25, -0.2) is 0 Å². The van der Waals surface area contributed by atoms with Crippen molar-refractivity contribution in [3.05, 3.63) is 29.3 Å². The molecular weight excluding hydrogens is 198 g/mol. The minimum absolute atomic E-state index is 0.287. The molecule has 1 atom stereocenters. The number of ether oxygens (including phenoxy) is 1. The zero-order valence-corrected chi connectivity index (χ0v) is 8.92. The van der Waals surface area contributed by atoms with Crippen LogP contribution < -0.4 is 4.74 Å². The van der Waals surface area contributed by atoms with Crippen molar-refractivity contribution in [3.8, 4) is 5.75 Å². The third-order valence-corrected chi connectivity index (χ3v) is 2.61. The monoisotopic (exact) mass is 210 g/mol. The van der Waals surface area contributed by atoms with Crippen molar-refractivity contribution in [1.29, 1.82) is 0 Å². The molecule has 0 aliphatic carbocycles. The lowest BCUT2D eigenvalue weighted by molar-refractivity contribution is 0.208. The van der Waals surface area contributed by atoms with Crippen LogP contribution in [0, 0.1) is 6.07 Å². The second-order valence-electron chi connectivity index (χ2n) is 3.66. The van der Waals surface area contributed by atoms with Crippen LogP contribution in [0.4, 0.5) is 0 Å². The summed E-state index contributed by atoms with van der Waals surface area (Å²) in [6.07, 6.45) is 1.37. The van der Waals surface area contributed by atoms with Crippen LogP contribution in [-0.2, 0) is 0 Å². The summed E-state index contributed by atoms with van der Waals surface area (Å²) in [5.41, 5.74) is 0. The summed E-state index contributed by atoms with van der Waals surface area (Å²) in [6.45, 7) is 2.09. The Bertz CT molecular complexity index is 316. The third-order valence-electron chi connectivity index (χ3n) is 2.38. The van der Waals surface area contributed by atoms with Crippen LogP contribution in [0.3, 0.4) is 0 Å². The molecule has 1 saturated heterocycles. The molecule has 1 radical (unpaired) electrons. The molecule has 75 valence electrons. The number of hydrogen-bond donors (Lipinski definition) is 0. The van der Waals surface area contributed by atoms with Crippen molar-refractivity contribution in [2.75, 3.05) is 20.1 Å². The summed E-state index contributed by atoms with van der Waals surface area (Å²) in [4.78, 5) is 2.26. The maximum atomic E-state index is 5.85. The van der Waals surface area contributed by atoms with E-state index in [2.05, 4.69) is 18.0 Å². The van der Waals surface area contributed by atoms with Crippen molar-refractivity contribution in [1.82, 2.24) is 4.90 Å². The second kappa shape index (κ2) is 4.20. The first-order valence-electron chi connectivity index (χ1n) is 4.76. The Kier molecular flexibility index (Phi) is 2.94. The quantitative estimate of drug-likeness (QED) is 0.742. The van der Waals surface area contributed by atoms with Gasteiger partial charge >= 0.3 is 0 Å². The van der Waals surface area contributed by atoms with E-state index in [1.165, 1.54) is 0 Å². The Morgan fingerprint density at radius 3 is 3.14 bits per heavy atom. The van der Waals surface area contributed by atoms with E-state index in [1.807, 2.05) is 0 Å². The summed E-state index contributed by atoms with van der Waals surface area (Å²) in [5, 5.41) is 0.699. The lowest BCUT2D eigenvalue weighted by Gasteiger charge is -2.13. The number of benzene rings is 1. The van der Waals surface area contributed by atoms with Gasteiger partial charge < -0.3 is 9.64 Å². The number of rotatable bonds is 2. The van der Waals surface area contributed by atoms with Gasteiger partial charge in [0.05, 0.1) is 0 Å². The van der Waals surface area contributed by atoms with Crippen LogP contribution in [0.2, 0.25) is 5.02 Å². The van der Waals surface area contributed by atoms with Gasteiger partial charge in [0.1, 0.15) is 11.9 Å². The fourth-order valence-corrected chi connectivity index (χ4v) is 1.82. The molecule has 2 rings (SSSR count). The van der Waals surface area contributed by atoms with Crippen LogP contribution >= 0.6 is 11.6 Å². The average Bonchev–Trinajstić information content (AvgIpc) is 2.51. The van der Waals surface area contributed by atoms with Crippen molar-refractivity contribution in [2.24, 2.45) is 0 Å². The lowest BCUT2D eigenvalue weighted by atomic mass is 10.3. The standard InChI is InChI=1S/C11H13ClNO/c1-13-6-5-11(8-13)14-10-4-2-3-9(12)7-10/h2-3,7,11H,5-6,8H2,1H3. The highest BCUT2D eigenvalue weighted by Crippen LogP contribution is 2.20. The number of halogens is 1. The first-order valence-corrected chi connectivity index (χ1v) is 5.14. The maximum absolute atomic E-state index is 5.85. The van der Waals surface area contributed by atoms with E-state index in [1.54, 1.807) is 18.2 Å². The molecular formula is C11H13ClNO. The molecule has 0 bridgehead atoms. The van der Waals surface area contributed by atoms with Crippen molar-refractivity contribution in [3.63, 3.8) is 0 Å². The normalized spacial score (nSPS) is 22.6. The van der Waals surface area contributed by atoms with E-state index in [0.29, 0.717) is 5.02 Å². The summed E-state index contributed by atoms with van der Waals surface area (Å²) < 4.78 is 5.74. The van der Waals surface area contributed by atoms with Crippen molar-refractivity contribution < 1.29 is 4.74 Å². The first kappa shape index (κ1) is 9.81. The summed E-state index contributed by atoms with van der Waals surface area (Å²) in [7, 11) is 2.10. The minimum Gasteiger partial charge on any atom is -0.488 e. The maximum Gasteiger partial charge on any atom is 0.129 e. The van der Waals surface area contributed by atoms with Crippen LogP contribution in [-0.4, -0.2) is 31.1 Å². The van der Waals surface area contributed by atoms with Gasteiger partial charge in [0.2, 0.25) is 0 Å². The van der Waals surface area contributed by atoms with Gasteiger partial charge in [0.15, 0.2) is 0 Å². The largest absolute Gasteiger partial charge is 0.488 e. The van der Waals surface area contributed by atoms with Crippen LogP contribution in [0.25, 0.3) is 0 Å². The number of hydrogen-bond acceptors (Lipinski definition) is 2. The van der Waals surface area contributed by atoms with E-state index in [4.69, 9.17) is 16.3 Å². The number of likely N-dealkylation sites (tertiary alicyclic amines) is 1. The summed E-state index contributed by atoms with van der Waals surface area (Å²) in [5.74, 6) is 0.748. The Labute approximate surface area is 89.4 Å². The van der Waals surface area contributed by atoms with E-state index in [9.17, 15) is 0 Å². The Balaban J connectivity index is 1.97. The summed E-state index contributed by atoms with van der Waals surface area (Å²) in [6, 6.07) is 8.42. The minimum atomic E-state index is 0.287. The molecule has 0 aromatic heterocycles. The number of nitrogens with zero attached hydrogens (tertiary/aromatic N) is 1. The fraction of sp³-hybridized carbons (Fsp3) is 0.455. The van der Waals surface area contributed by atoms with Gasteiger partial charge in [-0.1, -0.05) is 11.6 Å². The molecule has 1 fully saturated rings. The van der Waals surface area contributed by atoms with Gasteiger partial charge in [-0.2, -0.15) is 0 Å². The third kappa shape index (κ3) is 2.40. The van der Waals surface area contributed by atoms with E-state index < -0.39 is 0 Å². The van der Waals surface area contributed by atoms with Crippen LogP contribution in [0.5, 0.6) is 5.75 Å². The van der Waals surface area contributed by atoms with Gasteiger partial charge in [0.25, 0.3) is 0 Å². The Morgan fingerprint density at radius 1 is 1.64 bits per heavy atom. The van der Waals surface area contributed by atoms with E-state index in [0.717, 1.165) is 25.3 Å². The molecule has 0 saturated carbocycles. The topological polar surface area (TPSA) is 12.5 Å². The molecule has 14 heavy (non-hydrogen) atoms. The average molecular weight is 211 g/mol. The summed E-state index contributed by atoms with van der Waals surface area (Å²) >= 11 is 5.85. The molecule has 1 aromatic carbocycles. The second-order valence-corrected chi connectivity index (χ2v) is 4.10. The van der Waals surface area contributed by atoms with Gasteiger partial charge in [-0.3, -0.25) is 0 Å². The molecule has 0 spiro atoms.